The number of nitrogens with one attached hydrogen (secondary N) is 2. The Kier molecular flexibility index (Phi) is 5.46. The van der Waals surface area contributed by atoms with E-state index in [1.165, 1.54) is 25.5 Å². The van der Waals surface area contributed by atoms with E-state index in [4.69, 9.17) is 4.74 Å². The maximum Gasteiger partial charge on any atom is 0.324 e. The molecule has 0 spiro atoms. The van der Waals surface area contributed by atoms with Gasteiger partial charge in [0.1, 0.15) is 12.1 Å². The second-order valence-corrected chi connectivity index (χ2v) is 8.81. The van der Waals surface area contributed by atoms with E-state index in [-0.39, 0.29) is 11.0 Å². The highest BCUT2D eigenvalue weighted by molar-refractivity contribution is 7.89. The molecule has 1 aliphatic heterocycles. The molecular formula is C18H26N2O4S. The SMILES string of the molecule is Cc1ccc(S(=O)(=O)NC(C)C(=O)OC2CNC3CCCCC32)cc1. The van der Waals surface area contributed by atoms with Gasteiger partial charge < -0.3 is 10.1 Å². The first kappa shape index (κ1) is 18.4. The number of hydrogen-bond acceptors (Lipinski definition) is 5. The zero-order chi connectivity index (χ0) is 18.0. The molecule has 0 amide bonds. The molecule has 1 saturated heterocycles. The summed E-state index contributed by atoms with van der Waals surface area (Å²) in [6.07, 6.45) is 4.38. The lowest BCUT2D eigenvalue weighted by Gasteiger charge is -2.28. The molecule has 0 aromatic heterocycles. The summed E-state index contributed by atoms with van der Waals surface area (Å²) in [5, 5.41) is 3.42. The molecule has 138 valence electrons. The molecule has 1 aromatic rings. The van der Waals surface area contributed by atoms with Gasteiger partial charge in [-0.3, -0.25) is 4.79 Å². The molecule has 7 heteroatoms. The topological polar surface area (TPSA) is 84.5 Å². The number of rotatable bonds is 5. The molecule has 0 radical (unpaired) electrons. The lowest BCUT2D eigenvalue weighted by molar-refractivity contribution is -0.152. The molecule has 1 saturated carbocycles. The number of sulfonamides is 1. The summed E-state index contributed by atoms with van der Waals surface area (Å²) in [6, 6.07) is 6.02. The Morgan fingerprint density at radius 1 is 1.24 bits per heavy atom. The first-order valence-corrected chi connectivity index (χ1v) is 10.4. The summed E-state index contributed by atoms with van der Waals surface area (Å²) in [6.45, 7) is 4.06. The van der Waals surface area contributed by atoms with Crippen LogP contribution in [-0.2, 0) is 19.6 Å². The monoisotopic (exact) mass is 366 g/mol. The second kappa shape index (κ2) is 7.43. The summed E-state index contributed by atoms with van der Waals surface area (Å²) >= 11 is 0. The van der Waals surface area contributed by atoms with Gasteiger partial charge in [-0.05, 0) is 38.8 Å². The summed E-state index contributed by atoms with van der Waals surface area (Å²) in [5.74, 6) is -0.174. The second-order valence-electron chi connectivity index (χ2n) is 7.09. The van der Waals surface area contributed by atoms with Crippen LogP contribution in [0.3, 0.4) is 0 Å². The highest BCUT2D eigenvalue weighted by Crippen LogP contribution is 2.32. The normalized spacial score (nSPS) is 27.5. The molecule has 4 unspecified atom stereocenters. The number of aryl methyl sites for hydroxylation is 1. The van der Waals surface area contributed by atoms with Gasteiger partial charge in [-0.2, -0.15) is 4.72 Å². The van der Waals surface area contributed by atoms with Crippen molar-refractivity contribution < 1.29 is 17.9 Å². The molecule has 1 aliphatic carbocycles. The maximum atomic E-state index is 12.4. The van der Waals surface area contributed by atoms with Gasteiger partial charge >= 0.3 is 5.97 Å². The van der Waals surface area contributed by atoms with Gasteiger partial charge in [0.25, 0.3) is 0 Å². The number of carbonyl (C=O) groups is 1. The Bertz CT molecular complexity index is 717. The molecule has 6 nitrogen and oxygen atoms in total. The lowest BCUT2D eigenvalue weighted by Crippen LogP contribution is -2.42. The van der Waals surface area contributed by atoms with Crippen LogP contribution in [0.15, 0.2) is 29.2 Å². The summed E-state index contributed by atoms with van der Waals surface area (Å²) < 4.78 is 32.8. The van der Waals surface area contributed by atoms with Gasteiger partial charge in [-0.25, -0.2) is 8.42 Å². The van der Waals surface area contributed by atoms with Gasteiger partial charge in [0.15, 0.2) is 0 Å². The molecule has 2 N–H and O–H groups in total. The van der Waals surface area contributed by atoms with Crippen molar-refractivity contribution in [2.24, 2.45) is 5.92 Å². The van der Waals surface area contributed by atoms with E-state index in [1.807, 2.05) is 6.92 Å². The third kappa shape index (κ3) is 4.22. The molecule has 4 atom stereocenters. The van der Waals surface area contributed by atoms with Crippen LogP contribution in [0.2, 0.25) is 0 Å². The van der Waals surface area contributed by atoms with E-state index in [0.717, 1.165) is 24.8 Å². The Morgan fingerprint density at radius 3 is 2.64 bits per heavy atom. The molecule has 2 fully saturated rings. The smallest absolute Gasteiger partial charge is 0.324 e. The number of esters is 1. The van der Waals surface area contributed by atoms with Gasteiger partial charge in [0.2, 0.25) is 10.0 Å². The molecular weight excluding hydrogens is 340 g/mol. The first-order valence-electron chi connectivity index (χ1n) is 8.90. The fourth-order valence-electron chi connectivity index (χ4n) is 3.72. The highest BCUT2D eigenvalue weighted by atomic mass is 32.2. The first-order chi connectivity index (χ1) is 11.9. The zero-order valence-electron chi connectivity index (χ0n) is 14.7. The predicted molar refractivity (Wildman–Crippen MR) is 94.6 cm³/mol. The van der Waals surface area contributed by atoms with Gasteiger partial charge in [0.05, 0.1) is 4.90 Å². The molecule has 1 aromatic carbocycles. The third-order valence-electron chi connectivity index (χ3n) is 5.16. The Hall–Kier alpha value is -1.44. The zero-order valence-corrected chi connectivity index (χ0v) is 15.5. The van der Waals surface area contributed by atoms with Crippen molar-refractivity contribution in [1.29, 1.82) is 0 Å². The highest BCUT2D eigenvalue weighted by Gasteiger charge is 2.40. The van der Waals surface area contributed by atoms with Crippen LogP contribution in [0.25, 0.3) is 0 Å². The van der Waals surface area contributed by atoms with Crippen molar-refractivity contribution in [2.45, 2.75) is 62.6 Å². The van der Waals surface area contributed by atoms with E-state index >= 15 is 0 Å². The van der Waals surface area contributed by atoms with Crippen LogP contribution in [-0.4, -0.2) is 39.1 Å². The average molecular weight is 366 g/mol. The van der Waals surface area contributed by atoms with Crippen LogP contribution in [0.1, 0.15) is 38.2 Å². The fourth-order valence-corrected chi connectivity index (χ4v) is 4.92. The minimum Gasteiger partial charge on any atom is -0.459 e. The third-order valence-corrected chi connectivity index (χ3v) is 6.72. The molecule has 3 rings (SSSR count). The van der Waals surface area contributed by atoms with Crippen LogP contribution in [0.5, 0.6) is 0 Å². The number of ether oxygens (including phenoxy) is 1. The lowest BCUT2D eigenvalue weighted by atomic mass is 9.84. The van der Waals surface area contributed by atoms with Crippen LogP contribution < -0.4 is 10.0 Å². The number of benzene rings is 1. The summed E-state index contributed by atoms with van der Waals surface area (Å²) in [5.41, 5.74) is 0.974. The Labute approximate surface area is 149 Å². The van der Waals surface area contributed by atoms with E-state index in [9.17, 15) is 13.2 Å². The van der Waals surface area contributed by atoms with Crippen LogP contribution >= 0.6 is 0 Å². The van der Waals surface area contributed by atoms with Crippen molar-refractivity contribution in [2.75, 3.05) is 6.54 Å². The van der Waals surface area contributed by atoms with Gasteiger partial charge in [-0.15, -0.1) is 0 Å². The molecule has 25 heavy (non-hydrogen) atoms. The van der Waals surface area contributed by atoms with Crippen molar-refractivity contribution in [3.8, 4) is 0 Å². The largest absolute Gasteiger partial charge is 0.459 e. The van der Waals surface area contributed by atoms with Crippen molar-refractivity contribution in [1.82, 2.24) is 10.0 Å². The Morgan fingerprint density at radius 2 is 1.92 bits per heavy atom. The van der Waals surface area contributed by atoms with Crippen molar-refractivity contribution in [3.63, 3.8) is 0 Å². The molecule has 0 bridgehead atoms. The summed E-state index contributed by atoms with van der Waals surface area (Å²) in [4.78, 5) is 12.5. The number of carbonyl (C=O) groups excluding carboxylic acids is 1. The van der Waals surface area contributed by atoms with Crippen molar-refractivity contribution in [3.05, 3.63) is 29.8 Å². The van der Waals surface area contributed by atoms with Crippen LogP contribution in [0, 0.1) is 12.8 Å². The fraction of sp³-hybridized carbons (Fsp3) is 0.611. The number of hydrogen-bond donors (Lipinski definition) is 2. The minimum absolute atomic E-state index is 0.146. The Balaban J connectivity index is 1.60. The maximum absolute atomic E-state index is 12.4. The van der Waals surface area contributed by atoms with E-state index < -0.39 is 22.0 Å². The average Bonchev–Trinajstić information content (AvgIpc) is 2.98. The van der Waals surface area contributed by atoms with E-state index in [2.05, 4.69) is 10.0 Å². The van der Waals surface area contributed by atoms with Gasteiger partial charge in [0, 0.05) is 18.5 Å². The van der Waals surface area contributed by atoms with Crippen molar-refractivity contribution >= 4 is 16.0 Å². The summed E-state index contributed by atoms with van der Waals surface area (Å²) in [7, 11) is -3.74. The number of fused-ring (bicyclic) bond motifs is 1. The van der Waals surface area contributed by atoms with E-state index in [0.29, 0.717) is 18.5 Å². The van der Waals surface area contributed by atoms with Crippen LogP contribution in [0.4, 0.5) is 0 Å². The van der Waals surface area contributed by atoms with Gasteiger partial charge in [-0.1, -0.05) is 30.5 Å². The quantitative estimate of drug-likeness (QED) is 0.776. The van der Waals surface area contributed by atoms with E-state index in [1.54, 1.807) is 12.1 Å². The molecule has 1 heterocycles. The predicted octanol–water partition coefficient (Wildman–Crippen LogP) is 1.74. The minimum atomic E-state index is -3.74. The molecule has 2 aliphatic rings. The standard InChI is InChI=1S/C18H26N2O4S/c1-12-7-9-14(10-8-12)25(22,23)20-13(2)18(21)24-17-11-19-16-6-4-3-5-15(16)17/h7-10,13,15-17,19-20H,3-6,11H2,1-2H3.